The molecule has 2 atom stereocenters. The number of carboxylic acid groups (broad SMARTS) is 1. The maximum Gasteiger partial charge on any atom is 0.335 e. The number of amides is 1. The van der Waals surface area contributed by atoms with Crippen molar-refractivity contribution >= 4 is 29.2 Å². The molecule has 2 aliphatic rings. The quantitative estimate of drug-likeness (QED) is 0.252. The molecule has 1 fully saturated rings. The zero-order chi connectivity index (χ0) is 28.3. The molecule has 1 spiro atoms. The van der Waals surface area contributed by atoms with Crippen molar-refractivity contribution in [2.75, 3.05) is 5.32 Å². The molecule has 41 heavy (non-hydrogen) atoms. The predicted molar refractivity (Wildman–Crippen MR) is 155 cm³/mol. The molecule has 2 N–H and O–H groups in total. The lowest BCUT2D eigenvalue weighted by Gasteiger charge is -2.13. The van der Waals surface area contributed by atoms with E-state index in [1.807, 2.05) is 67.6 Å². The molecule has 5 aromatic rings. The second kappa shape index (κ2) is 9.38. The molecule has 0 saturated heterocycles. The lowest BCUT2D eigenvalue weighted by Crippen LogP contribution is -2.21. The summed E-state index contributed by atoms with van der Waals surface area (Å²) in [5.74, 6) is -1.24. The number of aryl methyl sites for hydroxylation is 1. The largest absolute Gasteiger partial charge is 0.478 e. The normalized spacial score (nSPS) is 18.8. The summed E-state index contributed by atoms with van der Waals surface area (Å²) < 4.78 is 1.70. The number of rotatable bonds is 6. The van der Waals surface area contributed by atoms with Crippen LogP contribution in [-0.2, 0) is 16.6 Å². The van der Waals surface area contributed by atoms with Crippen molar-refractivity contribution in [2.24, 2.45) is 0 Å². The van der Waals surface area contributed by atoms with E-state index in [1.165, 1.54) is 6.33 Å². The number of aromatic nitrogens is 4. The topological polar surface area (TPSA) is 110 Å². The number of nitrogens with one attached hydrogen (secondary N) is 1. The highest BCUT2D eigenvalue weighted by Gasteiger charge is 2.66. The van der Waals surface area contributed by atoms with Gasteiger partial charge < -0.3 is 10.4 Å². The van der Waals surface area contributed by atoms with Crippen molar-refractivity contribution in [3.8, 4) is 28.1 Å². The summed E-state index contributed by atoms with van der Waals surface area (Å²) in [6.45, 7) is 1.93. The first-order chi connectivity index (χ1) is 19.9. The minimum Gasteiger partial charge on any atom is -0.478 e. The van der Waals surface area contributed by atoms with Crippen LogP contribution in [0.5, 0.6) is 0 Å². The van der Waals surface area contributed by atoms with Crippen LogP contribution in [0.15, 0.2) is 85.5 Å². The molecule has 2 unspecified atom stereocenters. The van der Waals surface area contributed by atoms with E-state index >= 15 is 0 Å². The number of pyridine rings is 1. The van der Waals surface area contributed by atoms with Gasteiger partial charge in [0.15, 0.2) is 0 Å². The summed E-state index contributed by atoms with van der Waals surface area (Å²) in [5.41, 5.74) is 6.79. The highest BCUT2D eigenvalue weighted by atomic mass is 35.5. The van der Waals surface area contributed by atoms with Gasteiger partial charge in [-0.3, -0.25) is 4.79 Å². The van der Waals surface area contributed by atoms with Crippen LogP contribution in [0.3, 0.4) is 0 Å². The summed E-state index contributed by atoms with van der Waals surface area (Å²) in [4.78, 5) is 34.1. The molecule has 3 aromatic carbocycles. The lowest BCUT2D eigenvalue weighted by molar-refractivity contribution is -0.118. The highest BCUT2D eigenvalue weighted by molar-refractivity contribution is 6.33. The van der Waals surface area contributed by atoms with Crippen LogP contribution in [0.1, 0.15) is 46.4 Å². The molecule has 3 heterocycles. The number of hydrogen-bond donors (Lipinski definition) is 2. The Morgan fingerprint density at radius 3 is 2.41 bits per heavy atom. The zero-order valence-corrected chi connectivity index (χ0v) is 22.8. The summed E-state index contributed by atoms with van der Waals surface area (Å²) >= 11 is 6.68. The molecule has 2 aromatic heterocycles. The van der Waals surface area contributed by atoms with Crippen molar-refractivity contribution in [1.82, 2.24) is 19.7 Å². The summed E-state index contributed by atoms with van der Waals surface area (Å²) in [5, 5.41) is 17.3. The second-order valence-corrected chi connectivity index (χ2v) is 10.8. The van der Waals surface area contributed by atoms with Gasteiger partial charge in [-0.15, -0.1) is 0 Å². The molecule has 1 aliphatic heterocycles. The molecule has 0 bridgehead atoms. The van der Waals surface area contributed by atoms with E-state index in [4.69, 9.17) is 16.6 Å². The first-order valence-electron chi connectivity index (χ1n) is 13.3. The number of carboxylic acids is 1. The third-order valence-corrected chi connectivity index (χ3v) is 8.49. The molecule has 8 nitrogen and oxygen atoms in total. The molecule has 1 aliphatic carbocycles. The van der Waals surface area contributed by atoms with Gasteiger partial charge in [0, 0.05) is 11.5 Å². The maximum atomic E-state index is 13.3. The molecule has 1 saturated carbocycles. The van der Waals surface area contributed by atoms with Gasteiger partial charge in [-0.05, 0) is 59.4 Å². The minimum absolute atomic E-state index is 0.126. The van der Waals surface area contributed by atoms with E-state index in [9.17, 15) is 14.7 Å². The highest BCUT2D eigenvalue weighted by Crippen LogP contribution is 2.65. The van der Waals surface area contributed by atoms with Gasteiger partial charge in [0.1, 0.15) is 18.1 Å². The number of carbonyl (C=O) groups excluding carboxylic acids is 1. The van der Waals surface area contributed by atoms with Crippen molar-refractivity contribution < 1.29 is 14.7 Å². The van der Waals surface area contributed by atoms with Gasteiger partial charge in [-0.25, -0.2) is 19.4 Å². The molecule has 9 heteroatoms. The summed E-state index contributed by atoms with van der Waals surface area (Å²) in [6.07, 6.45) is 4.34. The van der Waals surface area contributed by atoms with Crippen LogP contribution in [0.2, 0.25) is 5.02 Å². The van der Waals surface area contributed by atoms with Crippen molar-refractivity contribution in [3.05, 3.63) is 113 Å². The monoisotopic (exact) mass is 561 g/mol. The lowest BCUT2D eigenvalue weighted by atomic mass is 9.93. The van der Waals surface area contributed by atoms with E-state index in [0.717, 1.165) is 33.5 Å². The second-order valence-electron chi connectivity index (χ2n) is 10.4. The molecule has 0 radical (unpaired) electrons. The van der Waals surface area contributed by atoms with Crippen LogP contribution in [0.25, 0.3) is 28.1 Å². The van der Waals surface area contributed by atoms with Gasteiger partial charge in [-0.2, -0.15) is 5.10 Å². The van der Waals surface area contributed by atoms with Crippen molar-refractivity contribution in [1.29, 1.82) is 0 Å². The van der Waals surface area contributed by atoms with E-state index in [2.05, 4.69) is 15.4 Å². The number of halogens is 1. The third-order valence-electron chi connectivity index (χ3n) is 8.20. The Labute approximate surface area is 240 Å². The molecule has 1 amide bonds. The fourth-order valence-electron chi connectivity index (χ4n) is 5.93. The molecular weight excluding hydrogens is 538 g/mol. The fraction of sp³-hybridized carbons (Fsp3) is 0.156. The Balaban J connectivity index is 1.20. The van der Waals surface area contributed by atoms with Crippen LogP contribution in [0.4, 0.5) is 5.69 Å². The Bertz CT molecular complexity index is 1840. The average molecular weight is 562 g/mol. The Kier molecular flexibility index (Phi) is 5.76. The van der Waals surface area contributed by atoms with Gasteiger partial charge >= 0.3 is 5.97 Å². The number of fused-ring (bicyclic) bond motifs is 2. The van der Waals surface area contributed by atoms with Crippen LogP contribution >= 0.6 is 11.6 Å². The number of benzene rings is 3. The maximum absolute atomic E-state index is 13.3. The Morgan fingerprint density at radius 2 is 1.76 bits per heavy atom. The van der Waals surface area contributed by atoms with Crippen LogP contribution < -0.4 is 5.32 Å². The van der Waals surface area contributed by atoms with Gasteiger partial charge in [0.2, 0.25) is 5.91 Å². The molecule has 202 valence electrons. The molecule has 7 rings (SSSR count). The minimum atomic E-state index is -0.962. The van der Waals surface area contributed by atoms with E-state index in [0.29, 0.717) is 34.9 Å². The SMILES string of the molecule is CCc1ccc(C2CC23C(=O)Nc2cc(Cl)c(-c4ccc(-c5ccc(-n6cncn6)cc5)cc4)nc23)cc1C(=O)O. The fourth-order valence-corrected chi connectivity index (χ4v) is 6.19. The number of aromatic carboxylic acids is 1. The zero-order valence-electron chi connectivity index (χ0n) is 22.0. The van der Waals surface area contributed by atoms with Crippen LogP contribution in [-0.4, -0.2) is 36.7 Å². The standard InChI is InChI=1S/C32H24ClN5O3/c1-2-18-3-8-22(13-24(18)30(39)40)25-15-32(25)29-27(36-31(32)41)14-26(33)28(37-29)21-6-4-19(5-7-21)20-9-11-23(12-10-20)38-17-34-16-35-38/h3-14,16-17,25H,2,15H2,1H3,(H,36,41)(H,39,40). The summed E-state index contributed by atoms with van der Waals surface area (Å²) in [6, 6.07) is 23.3. The van der Waals surface area contributed by atoms with Crippen molar-refractivity contribution in [3.63, 3.8) is 0 Å². The van der Waals surface area contributed by atoms with Gasteiger partial charge in [-0.1, -0.05) is 67.1 Å². The Hall–Kier alpha value is -4.82. The molecular formula is C32H24ClN5O3. The van der Waals surface area contributed by atoms with E-state index in [-0.39, 0.29) is 17.4 Å². The summed E-state index contributed by atoms with van der Waals surface area (Å²) in [7, 11) is 0. The van der Waals surface area contributed by atoms with Crippen LogP contribution in [0, 0.1) is 0 Å². The van der Waals surface area contributed by atoms with E-state index < -0.39 is 11.4 Å². The van der Waals surface area contributed by atoms with Crippen molar-refractivity contribution in [2.45, 2.75) is 31.1 Å². The predicted octanol–water partition coefficient (Wildman–Crippen LogP) is 6.29. The Morgan fingerprint density at radius 1 is 1.05 bits per heavy atom. The number of hydrogen-bond acceptors (Lipinski definition) is 5. The third kappa shape index (κ3) is 4.02. The average Bonchev–Trinajstić information content (AvgIpc) is 3.38. The van der Waals surface area contributed by atoms with Gasteiger partial charge in [0.05, 0.1) is 33.3 Å². The number of carbonyl (C=O) groups is 2. The number of anilines is 1. The van der Waals surface area contributed by atoms with Gasteiger partial charge in [0.25, 0.3) is 0 Å². The first kappa shape index (κ1) is 25.2. The number of nitrogens with zero attached hydrogens (tertiary/aromatic N) is 4. The van der Waals surface area contributed by atoms with E-state index in [1.54, 1.807) is 23.1 Å². The first-order valence-corrected chi connectivity index (χ1v) is 13.7. The smallest absolute Gasteiger partial charge is 0.335 e.